The molecule has 2 aliphatic rings. The molecule has 25 heavy (non-hydrogen) atoms. The first-order chi connectivity index (χ1) is 12.0. The summed E-state index contributed by atoms with van der Waals surface area (Å²) in [5, 5.41) is 7.50. The zero-order chi connectivity index (χ0) is 17.6. The number of carbonyl (C=O) groups excluding carboxylic acids is 1. The summed E-state index contributed by atoms with van der Waals surface area (Å²) in [6.45, 7) is 6.86. The molecule has 5 nitrogen and oxygen atoms in total. The average Bonchev–Trinajstić information content (AvgIpc) is 3.27. The zero-order valence-corrected chi connectivity index (χ0v) is 15.7. The number of aryl methyl sites for hydroxylation is 1. The van der Waals surface area contributed by atoms with Gasteiger partial charge in [0.05, 0.1) is 10.3 Å². The number of anilines is 1. The second-order valence-corrected chi connectivity index (χ2v) is 8.51. The molecule has 2 aliphatic carbocycles. The van der Waals surface area contributed by atoms with Crippen LogP contribution in [0.25, 0.3) is 10.2 Å². The summed E-state index contributed by atoms with van der Waals surface area (Å²) in [5.41, 5.74) is 0.967. The molecule has 0 spiro atoms. The third-order valence-corrected chi connectivity index (χ3v) is 6.50. The monoisotopic (exact) mass is 356 g/mol. The molecule has 2 aromatic heterocycles. The van der Waals surface area contributed by atoms with E-state index in [0.29, 0.717) is 11.8 Å². The Morgan fingerprint density at radius 1 is 1.32 bits per heavy atom. The minimum absolute atomic E-state index is 0.0281. The maximum Gasteiger partial charge on any atom is 0.261 e. The van der Waals surface area contributed by atoms with E-state index in [9.17, 15) is 4.79 Å². The van der Waals surface area contributed by atoms with Gasteiger partial charge in [-0.3, -0.25) is 4.79 Å². The number of fused-ring (bicyclic) bond motifs is 3. The van der Waals surface area contributed by atoms with Crippen LogP contribution in [-0.2, 0) is 0 Å². The molecule has 1 amide bonds. The number of hydrogen-bond donors (Lipinski definition) is 2. The summed E-state index contributed by atoms with van der Waals surface area (Å²) >= 11 is 1.44. The molecular formula is C19H24N4OS. The summed E-state index contributed by atoms with van der Waals surface area (Å²) in [4.78, 5) is 22.9. The third kappa shape index (κ3) is 3.03. The molecule has 0 saturated heterocycles. The van der Waals surface area contributed by atoms with Gasteiger partial charge in [-0.1, -0.05) is 12.2 Å². The van der Waals surface area contributed by atoms with Crippen molar-refractivity contribution in [2.75, 3.05) is 11.9 Å². The molecule has 6 heteroatoms. The van der Waals surface area contributed by atoms with Gasteiger partial charge in [-0.2, -0.15) is 0 Å². The van der Waals surface area contributed by atoms with E-state index < -0.39 is 0 Å². The quantitative estimate of drug-likeness (QED) is 0.801. The van der Waals surface area contributed by atoms with Gasteiger partial charge < -0.3 is 10.6 Å². The van der Waals surface area contributed by atoms with Crippen molar-refractivity contribution in [1.82, 2.24) is 15.3 Å². The van der Waals surface area contributed by atoms with Gasteiger partial charge in [0.2, 0.25) is 0 Å². The molecule has 2 N–H and O–H groups in total. The molecule has 1 fully saturated rings. The lowest BCUT2D eigenvalue weighted by atomic mass is 9.93. The minimum atomic E-state index is -0.0281. The van der Waals surface area contributed by atoms with E-state index >= 15 is 0 Å². The largest absolute Gasteiger partial charge is 0.369 e. The normalized spacial score (nSPS) is 24.4. The van der Waals surface area contributed by atoms with E-state index in [2.05, 4.69) is 32.8 Å². The van der Waals surface area contributed by atoms with Gasteiger partial charge in [0.25, 0.3) is 5.91 Å². The first kappa shape index (κ1) is 16.5. The molecule has 2 aromatic rings. The fourth-order valence-electron chi connectivity index (χ4n) is 4.11. The van der Waals surface area contributed by atoms with Crippen LogP contribution in [0, 0.1) is 24.7 Å². The maximum absolute atomic E-state index is 12.4. The maximum atomic E-state index is 12.4. The van der Waals surface area contributed by atoms with Gasteiger partial charge in [0.1, 0.15) is 17.0 Å². The van der Waals surface area contributed by atoms with E-state index in [1.807, 2.05) is 20.8 Å². The smallest absolute Gasteiger partial charge is 0.261 e. The summed E-state index contributed by atoms with van der Waals surface area (Å²) in [6, 6.07) is 0.117. The highest BCUT2D eigenvalue weighted by Gasteiger charge is 2.35. The second kappa shape index (κ2) is 6.41. The van der Waals surface area contributed by atoms with Gasteiger partial charge in [-0.05, 0) is 56.9 Å². The van der Waals surface area contributed by atoms with Crippen molar-refractivity contribution < 1.29 is 4.79 Å². The highest BCUT2D eigenvalue weighted by Crippen LogP contribution is 2.43. The molecule has 0 aromatic carbocycles. The van der Waals surface area contributed by atoms with Gasteiger partial charge in [0, 0.05) is 12.6 Å². The fourth-order valence-corrected chi connectivity index (χ4v) is 5.16. The predicted octanol–water partition coefficient (Wildman–Crippen LogP) is 3.76. The van der Waals surface area contributed by atoms with Crippen molar-refractivity contribution in [2.45, 2.75) is 39.7 Å². The van der Waals surface area contributed by atoms with Crippen molar-refractivity contribution in [2.24, 2.45) is 17.8 Å². The van der Waals surface area contributed by atoms with Crippen molar-refractivity contribution in [3.05, 3.63) is 28.9 Å². The van der Waals surface area contributed by atoms with Crippen LogP contribution in [-0.4, -0.2) is 28.5 Å². The Kier molecular flexibility index (Phi) is 4.23. The highest BCUT2D eigenvalue weighted by atomic mass is 32.1. The van der Waals surface area contributed by atoms with E-state index in [4.69, 9.17) is 0 Å². The second-order valence-electron chi connectivity index (χ2n) is 7.51. The van der Waals surface area contributed by atoms with E-state index in [0.717, 1.165) is 38.9 Å². The van der Waals surface area contributed by atoms with Crippen molar-refractivity contribution in [1.29, 1.82) is 0 Å². The Morgan fingerprint density at radius 2 is 2.16 bits per heavy atom. The van der Waals surface area contributed by atoms with E-state index in [1.54, 1.807) is 6.33 Å². The number of nitrogens with zero attached hydrogens (tertiary/aromatic N) is 2. The van der Waals surface area contributed by atoms with Crippen LogP contribution in [0.1, 0.15) is 41.9 Å². The lowest BCUT2D eigenvalue weighted by Gasteiger charge is -2.19. The first-order valence-corrected chi connectivity index (χ1v) is 9.81. The van der Waals surface area contributed by atoms with Crippen LogP contribution < -0.4 is 10.6 Å². The summed E-state index contributed by atoms with van der Waals surface area (Å²) in [5.74, 6) is 3.00. The molecule has 2 bridgehead atoms. The number of thiophene rings is 1. The Morgan fingerprint density at radius 3 is 2.84 bits per heavy atom. The predicted molar refractivity (Wildman–Crippen MR) is 102 cm³/mol. The van der Waals surface area contributed by atoms with Gasteiger partial charge in [0.15, 0.2) is 0 Å². The number of aromatic nitrogens is 2. The molecule has 0 unspecified atom stereocenters. The van der Waals surface area contributed by atoms with Crippen LogP contribution >= 0.6 is 11.3 Å². The standard InChI is InChI=1S/C19H24N4OS/c1-10(2)23-18(24)16-11(3)15-17(21-9-22-19(15)25-16)20-8-14-7-12-4-5-13(14)6-12/h4-5,9-10,12-14H,6-8H2,1-3H3,(H,23,24)(H,20,21,22)/t12-,13+,14-/m1/s1. The number of carbonyl (C=O) groups is 1. The van der Waals surface area contributed by atoms with Gasteiger partial charge in [-0.15, -0.1) is 11.3 Å². The van der Waals surface area contributed by atoms with Gasteiger partial charge >= 0.3 is 0 Å². The Bertz CT molecular complexity index is 841. The third-order valence-electron chi connectivity index (χ3n) is 5.30. The zero-order valence-electron chi connectivity index (χ0n) is 14.9. The average molecular weight is 356 g/mol. The minimum Gasteiger partial charge on any atom is -0.369 e. The van der Waals surface area contributed by atoms with E-state index in [-0.39, 0.29) is 11.9 Å². The lowest BCUT2D eigenvalue weighted by Crippen LogP contribution is -2.29. The summed E-state index contributed by atoms with van der Waals surface area (Å²) in [6.07, 6.45) is 8.91. The van der Waals surface area contributed by atoms with Gasteiger partial charge in [-0.25, -0.2) is 9.97 Å². The number of rotatable bonds is 5. The first-order valence-electron chi connectivity index (χ1n) is 9.00. The molecule has 132 valence electrons. The topological polar surface area (TPSA) is 66.9 Å². The summed E-state index contributed by atoms with van der Waals surface area (Å²) < 4.78 is 0. The molecular weight excluding hydrogens is 332 g/mol. The molecule has 0 radical (unpaired) electrons. The Balaban J connectivity index is 1.58. The Labute approximate surface area is 151 Å². The van der Waals surface area contributed by atoms with Crippen LogP contribution in [0.4, 0.5) is 5.82 Å². The number of allylic oxidation sites excluding steroid dienone is 2. The van der Waals surface area contributed by atoms with E-state index in [1.165, 1.54) is 24.2 Å². The fraction of sp³-hybridized carbons (Fsp3) is 0.526. The van der Waals surface area contributed by atoms with Crippen LogP contribution in [0.3, 0.4) is 0 Å². The number of nitrogens with one attached hydrogen (secondary N) is 2. The van der Waals surface area contributed by atoms with Crippen LogP contribution in [0.15, 0.2) is 18.5 Å². The highest BCUT2D eigenvalue weighted by molar-refractivity contribution is 7.20. The Hall–Kier alpha value is -1.95. The lowest BCUT2D eigenvalue weighted by molar-refractivity contribution is 0.0947. The number of hydrogen-bond acceptors (Lipinski definition) is 5. The molecule has 0 aliphatic heterocycles. The molecule has 3 atom stereocenters. The van der Waals surface area contributed by atoms with Crippen molar-refractivity contribution in [3.63, 3.8) is 0 Å². The SMILES string of the molecule is Cc1c(C(=O)NC(C)C)sc2ncnc(NC[C@H]3C[C@@H]4C=C[C@H]3C4)c12. The van der Waals surface area contributed by atoms with Crippen LogP contribution in [0.2, 0.25) is 0 Å². The number of amides is 1. The molecule has 2 heterocycles. The molecule has 4 rings (SSSR count). The summed E-state index contributed by atoms with van der Waals surface area (Å²) in [7, 11) is 0. The van der Waals surface area contributed by atoms with Crippen molar-refractivity contribution >= 4 is 33.3 Å². The van der Waals surface area contributed by atoms with Crippen molar-refractivity contribution in [3.8, 4) is 0 Å². The van der Waals surface area contributed by atoms with Crippen LogP contribution in [0.5, 0.6) is 0 Å². The molecule has 1 saturated carbocycles.